The smallest absolute Gasteiger partial charge is 0.0289 e. The van der Waals surface area contributed by atoms with E-state index in [1.165, 1.54) is 16.7 Å². The fourth-order valence-corrected chi connectivity index (χ4v) is 1.58. The van der Waals surface area contributed by atoms with Crippen molar-refractivity contribution in [1.82, 2.24) is 0 Å². The number of hydrogen-bond donors (Lipinski definition) is 0. The summed E-state index contributed by atoms with van der Waals surface area (Å²) < 4.78 is 0. The average molecular weight is 196 g/mol. The number of hydrogen-bond acceptors (Lipinski definition) is 0. The summed E-state index contributed by atoms with van der Waals surface area (Å²) in [5, 5.41) is 0. The third-order valence-electron chi connectivity index (χ3n) is 2.74. The van der Waals surface area contributed by atoms with Gasteiger partial charge in [-0.15, -0.1) is 11.8 Å². The maximum Gasteiger partial charge on any atom is 0.0289 e. The minimum absolute atomic E-state index is 1.10. The molecule has 0 atom stereocenters. The zero-order valence-corrected chi connectivity index (χ0v) is 10.1. The summed E-state index contributed by atoms with van der Waals surface area (Å²) in [5.74, 6) is 12.1. The molecule has 0 aliphatic heterocycles. The lowest BCUT2D eigenvalue weighted by Gasteiger charge is -2.09. The van der Waals surface area contributed by atoms with Crippen molar-refractivity contribution in [3.05, 3.63) is 33.9 Å². The lowest BCUT2D eigenvalue weighted by molar-refractivity contribution is 1.24. The standard InChI is InChI=1S/C15H16/c1-6-8-14-10-15(9-7-2)13(5)11(3)12(14)4/h10H,1-5H3. The molecule has 76 valence electrons. The third kappa shape index (κ3) is 2.23. The van der Waals surface area contributed by atoms with Crippen LogP contribution in [0.3, 0.4) is 0 Å². The third-order valence-corrected chi connectivity index (χ3v) is 2.74. The minimum Gasteiger partial charge on any atom is -0.101 e. The van der Waals surface area contributed by atoms with Gasteiger partial charge in [-0.1, -0.05) is 11.8 Å². The molecule has 0 aliphatic rings. The Morgan fingerprint density at radius 3 is 1.47 bits per heavy atom. The fraction of sp³-hybridized carbons (Fsp3) is 0.333. The van der Waals surface area contributed by atoms with Gasteiger partial charge in [0.2, 0.25) is 0 Å². The maximum absolute atomic E-state index is 3.12. The first-order chi connectivity index (χ1) is 7.11. The highest BCUT2D eigenvalue weighted by molar-refractivity contribution is 5.55. The number of benzene rings is 1. The van der Waals surface area contributed by atoms with Gasteiger partial charge in [-0.3, -0.25) is 0 Å². The van der Waals surface area contributed by atoms with Gasteiger partial charge < -0.3 is 0 Å². The molecule has 0 spiro atoms. The molecule has 0 aromatic heterocycles. The topological polar surface area (TPSA) is 0 Å². The van der Waals surface area contributed by atoms with Crippen LogP contribution in [0.5, 0.6) is 0 Å². The van der Waals surface area contributed by atoms with Gasteiger partial charge in [0.25, 0.3) is 0 Å². The first-order valence-electron chi connectivity index (χ1n) is 5.08. The van der Waals surface area contributed by atoms with Crippen LogP contribution in [0.4, 0.5) is 0 Å². The van der Waals surface area contributed by atoms with Crippen molar-refractivity contribution < 1.29 is 0 Å². The van der Waals surface area contributed by atoms with E-state index in [0.717, 1.165) is 11.1 Å². The van der Waals surface area contributed by atoms with E-state index in [-0.39, 0.29) is 0 Å². The summed E-state index contributed by atoms with van der Waals surface area (Å²) in [7, 11) is 0. The van der Waals surface area contributed by atoms with Crippen LogP contribution in [-0.4, -0.2) is 0 Å². The van der Waals surface area contributed by atoms with E-state index in [4.69, 9.17) is 0 Å². The van der Waals surface area contributed by atoms with Gasteiger partial charge in [-0.25, -0.2) is 0 Å². The molecule has 0 heteroatoms. The molecular formula is C15H16. The zero-order chi connectivity index (χ0) is 11.4. The Labute approximate surface area is 92.7 Å². The molecule has 1 aromatic carbocycles. The summed E-state index contributed by atoms with van der Waals surface area (Å²) >= 11 is 0. The fourth-order valence-electron chi connectivity index (χ4n) is 1.58. The zero-order valence-electron chi connectivity index (χ0n) is 10.1. The van der Waals surface area contributed by atoms with Crippen molar-refractivity contribution in [2.24, 2.45) is 0 Å². The van der Waals surface area contributed by atoms with E-state index >= 15 is 0 Å². The summed E-state index contributed by atoms with van der Waals surface area (Å²) in [5.41, 5.74) is 6.02. The lowest BCUT2D eigenvalue weighted by Crippen LogP contribution is -1.95. The SMILES string of the molecule is CC#Cc1cc(C#CC)c(C)c(C)c1C. The van der Waals surface area contributed by atoms with Crippen molar-refractivity contribution in [3.63, 3.8) is 0 Å². The molecule has 15 heavy (non-hydrogen) atoms. The van der Waals surface area contributed by atoms with E-state index in [9.17, 15) is 0 Å². The second-order valence-corrected chi connectivity index (χ2v) is 3.60. The van der Waals surface area contributed by atoms with E-state index in [2.05, 4.69) is 50.5 Å². The highest BCUT2D eigenvalue weighted by Crippen LogP contribution is 2.20. The van der Waals surface area contributed by atoms with E-state index in [0.29, 0.717) is 0 Å². The second-order valence-electron chi connectivity index (χ2n) is 3.60. The van der Waals surface area contributed by atoms with Crippen molar-refractivity contribution in [2.75, 3.05) is 0 Å². The van der Waals surface area contributed by atoms with E-state index < -0.39 is 0 Å². The van der Waals surface area contributed by atoms with Crippen LogP contribution in [0, 0.1) is 44.5 Å². The van der Waals surface area contributed by atoms with Crippen LogP contribution in [0.25, 0.3) is 0 Å². The predicted molar refractivity (Wildman–Crippen MR) is 65.8 cm³/mol. The molecule has 0 unspecified atom stereocenters. The quantitative estimate of drug-likeness (QED) is 0.558. The Kier molecular flexibility index (Phi) is 3.59. The molecule has 0 heterocycles. The largest absolute Gasteiger partial charge is 0.101 e. The molecule has 0 nitrogen and oxygen atoms in total. The molecule has 0 amide bonds. The van der Waals surface area contributed by atoms with Gasteiger partial charge in [0, 0.05) is 11.1 Å². The summed E-state index contributed by atoms with van der Waals surface area (Å²) in [6.45, 7) is 10.1. The summed E-state index contributed by atoms with van der Waals surface area (Å²) in [6, 6.07) is 2.09. The monoisotopic (exact) mass is 196 g/mol. The first-order valence-corrected chi connectivity index (χ1v) is 5.08. The molecule has 1 aromatic rings. The normalized spacial score (nSPS) is 8.60. The molecular weight excluding hydrogens is 180 g/mol. The Balaban J connectivity index is 3.54. The Bertz CT molecular complexity index is 453. The van der Waals surface area contributed by atoms with Crippen molar-refractivity contribution in [3.8, 4) is 23.7 Å². The highest BCUT2D eigenvalue weighted by atomic mass is 14.1. The van der Waals surface area contributed by atoms with Crippen molar-refractivity contribution in [2.45, 2.75) is 34.6 Å². The van der Waals surface area contributed by atoms with Crippen LogP contribution in [-0.2, 0) is 0 Å². The van der Waals surface area contributed by atoms with Gasteiger partial charge in [0.1, 0.15) is 0 Å². The van der Waals surface area contributed by atoms with Gasteiger partial charge in [-0.05, 0) is 57.4 Å². The van der Waals surface area contributed by atoms with Gasteiger partial charge in [-0.2, -0.15) is 0 Å². The molecule has 0 N–H and O–H groups in total. The van der Waals surface area contributed by atoms with Crippen LogP contribution in [0.2, 0.25) is 0 Å². The maximum atomic E-state index is 3.12. The minimum atomic E-state index is 1.10. The molecule has 1 rings (SSSR count). The molecule has 0 saturated heterocycles. The summed E-state index contributed by atoms with van der Waals surface area (Å²) in [6.07, 6.45) is 0. The van der Waals surface area contributed by atoms with Gasteiger partial charge in [0.05, 0.1) is 0 Å². The summed E-state index contributed by atoms with van der Waals surface area (Å²) in [4.78, 5) is 0. The molecule has 0 fully saturated rings. The lowest BCUT2D eigenvalue weighted by atomic mass is 9.94. The molecule has 0 bridgehead atoms. The highest BCUT2D eigenvalue weighted by Gasteiger charge is 2.06. The van der Waals surface area contributed by atoms with Crippen LogP contribution in [0.1, 0.15) is 41.7 Å². The van der Waals surface area contributed by atoms with Crippen molar-refractivity contribution in [1.29, 1.82) is 0 Å². The Morgan fingerprint density at radius 2 is 1.13 bits per heavy atom. The van der Waals surface area contributed by atoms with E-state index in [1.807, 2.05) is 13.8 Å². The van der Waals surface area contributed by atoms with Crippen LogP contribution >= 0.6 is 0 Å². The predicted octanol–water partition coefficient (Wildman–Crippen LogP) is 3.35. The molecule has 0 radical (unpaired) electrons. The van der Waals surface area contributed by atoms with E-state index in [1.54, 1.807) is 0 Å². The van der Waals surface area contributed by atoms with Crippen LogP contribution < -0.4 is 0 Å². The van der Waals surface area contributed by atoms with Crippen LogP contribution in [0.15, 0.2) is 6.07 Å². The molecule has 0 saturated carbocycles. The van der Waals surface area contributed by atoms with Gasteiger partial charge in [0.15, 0.2) is 0 Å². The Morgan fingerprint density at radius 1 is 0.733 bits per heavy atom. The second kappa shape index (κ2) is 4.72. The average Bonchev–Trinajstić information content (AvgIpc) is 2.22. The van der Waals surface area contributed by atoms with Crippen molar-refractivity contribution >= 4 is 0 Å². The number of rotatable bonds is 0. The Hall–Kier alpha value is -1.66. The van der Waals surface area contributed by atoms with Gasteiger partial charge >= 0.3 is 0 Å². The molecule has 0 aliphatic carbocycles. The first kappa shape index (κ1) is 11.4.